The Hall–Kier alpha value is -2.36. The Balaban J connectivity index is 2.31. The number of amides is 1. The molecule has 1 heterocycles. The molecular formula is C14H14N2O2. The lowest BCUT2D eigenvalue weighted by Gasteiger charge is -2.20. The first-order chi connectivity index (χ1) is 8.72. The fourth-order valence-electron chi connectivity index (χ4n) is 1.75. The number of pyridine rings is 1. The molecule has 1 aromatic heterocycles. The van der Waals surface area contributed by atoms with Gasteiger partial charge in [0.25, 0.3) is 5.91 Å². The Kier molecular flexibility index (Phi) is 3.57. The summed E-state index contributed by atoms with van der Waals surface area (Å²) in [6.45, 7) is 2.48. The third-order valence-electron chi connectivity index (χ3n) is 2.66. The average Bonchev–Trinajstić information content (AvgIpc) is 2.41. The average molecular weight is 242 g/mol. The predicted octanol–water partition coefficient (Wildman–Crippen LogP) is 2.04. The monoisotopic (exact) mass is 242 g/mol. The van der Waals surface area contributed by atoms with Gasteiger partial charge < -0.3 is 9.88 Å². The van der Waals surface area contributed by atoms with Crippen molar-refractivity contribution in [2.45, 2.75) is 6.92 Å². The van der Waals surface area contributed by atoms with Gasteiger partial charge >= 0.3 is 0 Å². The number of H-pyrrole nitrogens is 1. The Morgan fingerprint density at radius 1 is 1.17 bits per heavy atom. The Morgan fingerprint density at radius 2 is 1.89 bits per heavy atom. The van der Waals surface area contributed by atoms with Crippen LogP contribution >= 0.6 is 0 Å². The lowest BCUT2D eigenvalue weighted by Crippen LogP contribution is -2.31. The van der Waals surface area contributed by atoms with E-state index in [9.17, 15) is 9.59 Å². The van der Waals surface area contributed by atoms with Crippen LogP contribution in [0.25, 0.3) is 0 Å². The third-order valence-corrected chi connectivity index (χ3v) is 2.66. The molecule has 0 bridgehead atoms. The van der Waals surface area contributed by atoms with Crippen molar-refractivity contribution in [1.29, 1.82) is 0 Å². The van der Waals surface area contributed by atoms with Crippen molar-refractivity contribution in [2.75, 3.05) is 11.4 Å². The van der Waals surface area contributed by atoms with Crippen LogP contribution in [0.4, 0.5) is 5.69 Å². The van der Waals surface area contributed by atoms with Crippen molar-refractivity contribution in [3.8, 4) is 0 Å². The number of aromatic amines is 1. The predicted molar refractivity (Wildman–Crippen MR) is 70.9 cm³/mol. The highest BCUT2D eigenvalue weighted by molar-refractivity contribution is 6.05. The van der Waals surface area contributed by atoms with Gasteiger partial charge in [-0.15, -0.1) is 0 Å². The summed E-state index contributed by atoms with van der Waals surface area (Å²) >= 11 is 0. The Labute approximate surface area is 105 Å². The van der Waals surface area contributed by atoms with E-state index in [0.29, 0.717) is 12.1 Å². The lowest BCUT2D eigenvalue weighted by molar-refractivity contribution is 0.0988. The van der Waals surface area contributed by atoms with Crippen LogP contribution in [0.2, 0.25) is 0 Å². The van der Waals surface area contributed by atoms with Crippen LogP contribution in [0.3, 0.4) is 0 Å². The maximum Gasteiger partial charge on any atom is 0.259 e. The summed E-state index contributed by atoms with van der Waals surface area (Å²) in [5, 5.41) is 0. The van der Waals surface area contributed by atoms with Gasteiger partial charge in [-0.2, -0.15) is 0 Å². The highest BCUT2D eigenvalue weighted by atomic mass is 16.2. The highest BCUT2D eigenvalue weighted by Crippen LogP contribution is 2.15. The van der Waals surface area contributed by atoms with E-state index in [1.54, 1.807) is 4.90 Å². The summed E-state index contributed by atoms with van der Waals surface area (Å²) in [5.41, 5.74) is 1.10. The molecule has 4 nitrogen and oxygen atoms in total. The zero-order chi connectivity index (χ0) is 13.0. The quantitative estimate of drug-likeness (QED) is 0.895. The maximum absolute atomic E-state index is 12.3. The van der Waals surface area contributed by atoms with Gasteiger partial charge in [0, 0.05) is 24.5 Å². The van der Waals surface area contributed by atoms with Gasteiger partial charge in [-0.1, -0.05) is 18.2 Å². The summed E-state index contributed by atoms with van der Waals surface area (Å²) < 4.78 is 0. The van der Waals surface area contributed by atoms with Crippen LogP contribution in [0, 0.1) is 0 Å². The molecule has 18 heavy (non-hydrogen) atoms. The number of carbonyl (C=O) groups excluding carboxylic acids is 1. The van der Waals surface area contributed by atoms with Crippen molar-refractivity contribution >= 4 is 11.6 Å². The van der Waals surface area contributed by atoms with E-state index in [1.807, 2.05) is 37.3 Å². The summed E-state index contributed by atoms with van der Waals surface area (Å²) in [5.74, 6) is -0.125. The van der Waals surface area contributed by atoms with E-state index < -0.39 is 0 Å². The van der Waals surface area contributed by atoms with Gasteiger partial charge in [0.15, 0.2) is 0 Å². The SMILES string of the molecule is CCN(C(=O)c1ccc(=O)[nH]c1)c1ccccc1. The fourth-order valence-corrected chi connectivity index (χ4v) is 1.75. The molecule has 92 valence electrons. The molecule has 1 amide bonds. The molecule has 0 spiro atoms. The molecule has 2 rings (SSSR count). The molecule has 0 aliphatic rings. The molecule has 0 saturated heterocycles. The van der Waals surface area contributed by atoms with Crippen LogP contribution in [-0.4, -0.2) is 17.4 Å². The van der Waals surface area contributed by atoms with Crippen LogP contribution in [0.5, 0.6) is 0 Å². The number of benzene rings is 1. The topological polar surface area (TPSA) is 53.2 Å². The maximum atomic E-state index is 12.3. The minimum Gasteiger partial charge on any atom is -0.328 e. The number of rotatable bonds is 3. The van der Waals surface area contributed by atoms with Crippen LogP contribution < -0.4 is 10.5 Å². The zero-order valence-electron chi connectivity index (χ0n) is 10.1. The first kappa shape index (κ1) is 12.1. The molecular weight excluding hydrogens is 228 g/mol. The smallest absolute Gasteiger partial charge is 0.259 e. The minimum atomic E-state index is -0.214. The second kappa shape index (κ2) is 5.31. The molecule has 0 radical (unpaired) electrons. The van der Waals surface area contributed by atoms with E-state index in [-0.39, 0.29) is 11.5 Å². The van der Waals surface area contributed by atoms with Gasteiger partial charge in [-0.05, 0) is 25.1 Å². The van der Waals surface area contributed by atoms with Crippen molar-refractivity contribution in [2.24, 2.45) is 0 Å². The molecule has 0 atom stereocenters. The van der Waals surface area contributed by atoms with Crippen molar-refractivity contribution in [3.63, 3.8) is 0 Å². The molecule has 0 aliphatic carbocycles. The molecule has 2 aromatic rings. The van der Waals surface area contributed by atoms with E-state index in [2.05, 4.69) is 4.98 Å². The number of anilines is 1. The highest BCUT2D eigenvalue weighted by Gasteiger charge is 2.15. The van der Waals surface area contributed by atoms with Gasteiger partial charge in [-0.3, -0.25) is 9.59 Å². The number of nitrogens with one attached hydrogen (secondary N) is 1. The minimum absolute atomic E-state index is 0.125. The number of hydrogen-bond donors (Lipinski definition) is 1. The van der Waals surface area contributed by atoms with Crippen LogP contribution in [0.15, 0.2) is 53.5 Å². The number of nitrogens with zero attached hydrogens (tertiary/aromatic N) is 1. The van der Waals surface area contributed by atoms with Crippen LogP contribution in [0.1, 0.15) is 17.3 Å². The third kappa shape index (κ3) is 2.48. The van der Waals surface area contributed by atoms with Gasteiger partial charge in [0.05, 0.1) is 5.56 Å². The Morgan fingerprint density at radius 3 is 2.44 bits per heavy atom. The fraction of sp³-hybridized carbons (Fsp3) is 0.143. The lowest BCUT2D eigenvalue weighted by atomic mass is 10.2. The van der Waals surface area contributed by atoms with Gasteiger partial charge in [0.1, 0.15) is 0 Å². The second-order valence-electron chi connectivity index (χ2n) is 3.83. The molecule has 0 aliphatic heterocycles. The van der Waals surface area contributed by atoms with E-state index in [0.717, 1.165) is 5.69 Å². The zero-order valence-corrected chi connectivity index (χ0v) is 10.1. The summed E-state index contributed by atoms with van der Waals surface area (Å²) in [7, 11) is 0. The summed E-state index contributed by atoms with van der Waals surface area (Å²) in [6, 6.07) is 12.3. The Bertz CT molecular complexity index is 570. The summed E-state index contributed by atoms with van der Waals surface area (Å²) in [6.07, 6.45) is 1.44. The molecule has 0 fully saturated rings. The molecule has 4 heteroatoms. The molecule has 0 unspecified atom stereocenters. The van der Waals surface area contributed by atoms with E-state index in [4.69, 9.17) is 0 Å². The molecule has 1 aromatic carbocycles. The first-order valence-corrected chi connectivity index (χ1v) is 5.78. The van der Waals surface area contributed by atoms with Crippen molar-refractivity contribution < 1.29 is 4.79 Å². The van der Waals surface area contributed by atoms with Crippen molar-refractivity contribution in [3.05, 3.63) is 64.6 Å². The number of aromatic nitrogens is 1. The van der Waals surface area contributed by atoms with Gasteiger partial charge in [0.2, 0.25) is 5.56 Å². The van der Waals surface area contributed by atoms with E-state index >= 15 is 0 Å². The molecule has 1 N–H and O–H groups in total. The van der Waals surface area contributed by atoms with Gasteiger partial charge in [-0.25, -0.2) is 0 Å². The molecule has 0 saturated carbocycles. The van der Waals surface area contributed by atoms with Crippen LogP contribution in [-0.2, 0) is 0 Å². The standard InChI is InChI=1S/C14H14N2O2/c1-2-16(12-6-4-3-5-7-12)14(18)11-8-9-13(17)15-10-11/h3-10H,2H2,1H3,(H,15,17). The largest absolute Gasteiger partial charge is 0.328 e. The van der Waals surface area contributed by atoms with E-state index in [1.165, 1.54) is 18.3 Å². The number of carbonyl (C=O) groups is 1. The summed E-state index contributed by atoms with van der Waals surface area (Å²) in [4.78, 5) is 27.4. The second-order valence-corrected chi connectivity index (χ2v) is 3.83. The number of hydrogen-bond acceptors (Lipinski definition) is 2. The van der Waals surface area contributed by atoms with Crippen molar-refractivity contribution in [1.82, 2.24) is 4.98 Å². The normalized spacial score (nSPS) is 10.1. The number of para-hydroxylation sites is 1. The first-order valence-electron chi connectivity index (χ1n) is 5.78.